The summed E-state index contributed by atoms with van der Waals surface area (Å²) in [6.07, 6.45) is 2.78. The molecule has 5 nitrogen and oxygen atoms in total. The van der Waals surface area contributed by atoms with Crippen molar-refractivity contribution in [1.82, 2.24) is 4.90 Å². The van der Waals surface area contributed by atoms with Gasteiger partial charge in [0.2, 0.25) is 0 Å². The van der Waals surface area contributed by atoms with Crippen molar-refractivity contribution in [3.8, 4) is 5.75 Å². The largest absolute Gasteiger partial charge is 0.508 e. The van der Waals surface area contributed by atoms with E-state index in [1.165, 1.54) is 17.7 Å². The Morgan fingerprint density at radius 3 is 2.68 bits per heavy atom. The minimum atomic E-state index is -0.621. The van der Waals surface area contributed by atoms with Crippen molar-refractivity contribution in [3.05, 3.63) is 75.6 Å². The number of carbonyl (C=O) groups excluding carboxylic acids is 1. The lowest BCUT2D eigenvalue weighted by Gasteiger charge is -2.21. The van der Waals surface area contributed by atoms with E-state index < -0.39 is 5.63 Å². The summed E-state index contributed by atoms with van der Waals surface area (Å²) in [6.45, 7) is 2.96. The van der Waals surface area contributed by atoms with Crippen molar-refractivity contribution in [2.24, 2.45) is 0 Å². The number of hydrogen-bond donors (Lipinski definition) is 1. The molecule has 0 spiro atoms. The fraction of sp³-hybridized carbons (Fsp3) is 0.304. The predicted octanol–water partition coefficient (Wildman–Crippen LogP) is 4.22. The fourth-order valence-corrected chi connectivity index (χ4v) is 4.10. The number of rotatable bonds is 2. The molecule has 144 valence electrons. The van der Waals surface area contributed by atoms with Crippen molar-refractivity contribution in [2.75, 3.05) is 13.1 Å². The molecule has 3 aromatic rings. The molecule has 28 heavy (non-hydrogen) atoms. The van der Waals surface area contributed by atoms with Crippen LogP contribution < -0.4 is 5.63 Å². The van der Waals surface area contributed by atoms with Crippen LogP contribution in [0.4, 0.5) is 0 Å². The zero-order valence-corrected chi connectivity index (χ0v) is 15.9. The van der Waals surface area contributed by atoms with Crippen LogP contribution in [0.15, 0.2) is 57.7 Å². The van der Waals surface area contributed by atoms with E-state index in [1.807, 2.05) is 18.2 Å². The average molecular weight is 377 g/mol. The van der Waals surface area contributed by atoms with Gasteiger partial charge in [-0.3, -0.25) is 4.79 Å². The number of fused-ring (bicyclic) bond motifs is 1. The SMILES string of the molecule is Cc1c(C(=O)N2CCC[C@@H](c3ccccc3)CC2)c(=O)oc2ccc(O)cc12. The van der Waals surface area contributed by atoms with Gasteiger partial charge in [0, 0.05) is 18.5 Å². The molecule has 2 aromatic carbocycles. The monoisotopic (exact) mass is 377 g/mol. The van der Waals surface area contributed by atoms with E-state index in [1.54, 1.807) is 17.9 Å². The first-order chi connectivity index (χ1) is 13.5. The van der Waals surface area contributed by atoms with Crippen molar-refractivity contribution in [1.29, 1.82) is 0 Å². The second-order valence-corrected chi connectivity index (χ2v) is 7.40. The molecule has 1 N–H and O–H groups in total. The zero-order chi connectivity index (χ0) is 19.7. The molecule has 1 saturated heterocycles. The molecule has 2 heterocycles. The topological polar surface area (TPSA) is 70.8 Å². The molecule has 0 unspecified atom stereocenters. The first kappa shape index (κ1) is 18.3. The van der Waals surface area contributed by atoms with Crippen LogP contribution in [0, 0.1) is 6.92 Å². The molecule has 1 amide bonds. The Kier molecular flexibility index (Phi) is 4.90. The standard InChI is InChI=1S/C23H23NO4/c1-15-19-14-18(25)9-10-20(19)28-23(27)21(15)22(26)24-12-5-8-17(11-13-24)16-6-3-2-4-7-16/h2-4,6-7,9-10,14,17,25H,5,8,11-13H2,1H3/t17-/m1/s1. The number of carbonyl (C=O) groups is 1. The normalized spacial score (nSPS) is 17.5. The van der Waals surface area contributed by atoms with Gasteiger partial charge in [-0.1, -0.05) is 30.3 Å². The maximum atomic E-state index is 13.2. The number of phenolic OH excluding ortho intramolecular Hbond substituents is 1. The summed E-state index contributed by atoms with van der Waals surface area (Å²) >= 11 is 0. The Morgan fingerprint density at radius 2 is 1.89 bits per heavy atom. The van der Waals surface area contributed by atoms with Crippen LogP contribution in [0.25, 0.3) is 11.0 Å². The number of amides is 1. The molecule has 1 aromatic heterocycles. The average Bonchev–Trinajstić information content (AvgIpc) is 2.95. The Balaban J connectivity index is 1.62. The number of nitrogens with zero attached hydrogens (tertiary/aromatic N) is 1. The van der Waals surface area contributed by atoms with Crippen molar-refractivity contribution in [2.45, 2.75) is 32.1 Å². The molecule has 1 fully saturated rings. The zero-order valence-electron chi connectivity index (χ0n) is 15.9. The van der Waals surface area contributed by atoms with Crippen LogP contribution in [-0.4, -0.2) is 29.0 Å². The number of hydrogen-bond acceptors (Lipinski definition) is 4. The van der Waals surface area contributed by atoms with E-state index >= 15 is 0 Å². The second kappa shape index (κ2) is 7.50. The molecular weight excluding hydrogens is 354 g/mol. The molecule has 1 aliphatic rings. The maximum Gasteiger partial charge on any atom is 0.349 e. The molecule has 0 saturated carbocycles. The lowest BCUT2D eigenvalue weighted by Crippen LogP contribution is -2.35. The smallest absolute Gasteiger partial charge is 0.349 e. The lowest BCUT2D eigenvalue weighted by atomic mass is 9.92. The van der Waals surface area contributed by atoms with E-state index in [0.29, 0.717) is 35.5 Å². The number of benzene rings is 2. The number of likely N-dealkylation sites (tertiary alicyclic amines) is 1. The first-order valence-corrected chi connectivity index (χ1v) is 9.65. The highest BCUT2D eigenvalue weighted by Gasteiger charge is 2.27. The van der Waals surface area contributed by atoms with Crippen LogP contribution in [0.2, 0.25) is 0 Å². The molecule has 4 rings (SSSR count). The highest BCUT2D eigenvalue weighted by atomic mass is 16.4. The third-order valence-electron chi connectivity index (χ3n) is 5.65. The van der Waals surface area contributed by atoms with Gasteiger partial charge in [0.1, 0.15) is 16.9 Å². The molecule has 0 radical (unpaired) electrons. The molecule has 0 aliphatic carbocycles. The van der Waals surface area contributed by atoms with E-state index in [2.05, 4.69) is 12.1 Å². The molecular formula is C23H23NO4. The highest BCUT2D eigenvalue weighted by molar-refractivity contribution is 5.99. The third kappa shape index (κ3) is 3.40. The fourth-order valence-electron chi connectivity index (χ4n) is 4.10. The Morgan fingerprint density at radius 1 is 1.11 bits per heavy atom. The summed E-state index contributed by atoms with van der Waals surface area (Å²) < 4.78 is 5.35. The van der Waals surface area contributed by atoms with E-state index in [4.69, 9.17) is 4.42 Å². The van der Waals surface area contributed by atoms with Gasteiger partial charge in [-0.25, -0.2) is 4.79 Å². The van der Waals surface area contributed by atoms with Crippen LogP contribution >= 0.6 is 0 Å². The van der Waals surface area contributed by atoms with Crippen molar-refractivity contribution in [3.63, 3.8) is 0 Å². The molecule has 1 aliphatic heterocycles. The first-order valence-electron chi connectivity index (χ1n) is 9.65. The van der Waals surface area contributed by atoms with Gasteiger partial charge in [-0.2, -0.15) is 0 Å². The van der Waals surface area contributed by atoms with E-state index in [9.17, 15) is 14.7 Å². The van der Waals surface area contributed by atoms with Gasteiger partial charge in [-0.05, 0) is 61.4 Å². The summed E-state index contributed by atoms with van der Waals surface area (Å²) in [5.41, 5.74) is 1.67. The number of aryl methyl sites for hydroxylation is 1. The summed E-state index contributed by atoms with van der Waals surface area (Å²) in [7, 11) is 0. The minimum absolute atomic E-state index is 0.0660. The second-order valence-electron chi connectivity index (χ2n) is 7.40. The van der Waals surface area contributed by atoms with E-state index in [0.717, 1.165) is 19.3 Å². The Labute approximate surface area is 163 Å². The van der Waals surface area contributed by atoms with Gasteiger partial charge in [0.25, 0.3) is 5.91 Å². The molecule has 5 heteroatoms. The maximum absolute atomic E-state index is 13.2. The van der Waals surface area contributed by atoms with Crippen molar-refractivity contribution >= 4 is 16.9 Å². The molecule has 1 atom stereocenters. The van der Waals surface area contributed by atoms with Gasteiger partial charge in [0.15, 0.2) is 0 Å². The lowest BCUT2D eigenvalue weighted by molar-refractivity contribution is 0.0756. The number of aromatic hydroxyl groups is 1. The van der Waals surface area contributed by atoms with Gasteiger partial charge >= 0.3 is 5.63 Å². The van der Waals surface area contributed by atoms with Crippen molar-refractivity contribution < 1.29 is 14.3 Å². The van der Waals surface area contributed by atoms with E-state index in [-0.39, 0.29) is 17.2 Å². The minimum Gasteiger partial charge on any atom is -0.508 e. The van der Waals surface area contributed by atoms with Gasteiger partial charge in [-0.15, -0.1) is 0 Å². The summed E-state index contributed by atoms with van der Waals surface area (Å²) in [4.78, 5) is 27.4. The molecule has 0 bridgehead atoms. The van der Waals surface area contributed by atoms with Crippen LogP contribution in [0.3, 0.4) is 0 Å². The summed E-state index contributed by atoms with van der Waals surface area (Å²) in [5.74, 6) is 0.207. The Hall–Kier alpha value is -3.08. The Bertz CT molecular complexity index is 1070. The number of phenols is 1. The van der Waals surface area contributed by atoms with Gasteiger partial charge in [0.05, 0.1) is 0 Å². The van der Waals surface area contributed by atoms with Gasteiger partial charge < -0.3 is 14.4 Å². The summed E-state index contributed by atoms with van der Waals surface area (Å²) in [6, 6.07) is 14.9. The highest BCUT2D eigenvalue weighted by Crippen LogP contribution is 2.29. The summed E-state index contributed by atoms with van der Waals surface area (Å²) in [5, 5.41) is 10.3. The third-order valence-corrected chi connectivity index (χ3v) is 5.65. The quantitative estimate of drug-likeness (QED) is 0.679. The van der Waals surface area contributed by atoms with Crippen LogP contribution in [-0.2, 0) is 0 Å². The van der Waals surface area contributed by atoms with Crippen LogP contribution in [0.5, 0.6) is 5.75 Å². The van der Waals surface area contributed by atoms with Crippen LogP contribution in [0.1, 0.15) is 46.7 Å². The predicted molar refractivity (Wildman–Crippen MR) is 108 cm³/mol.